The van der Waals surface area contributed by atoms with Gasteiger partial charge in [-0.3, -0.25) is 9.69 Å². The van der Waals surface area contributed by atoms with Crippen LogP contribution in [0.1, 0.15) is 111 Å². The molecule has 1 amide bonds. The molecule has 4 heterocycles. The molecule has 0 radical (unpaired) electrons. The number of piperidine rings is 1. The molecule has 2 aliphatic heterocycles. The summed E-state index contributed by atoms with van der Waals surface area (Å²) in [7, 11) is 0. The molecule has 2 aromatic heterocycles. The van der Waals surface area contributed by atoms with Crippen LogP contribution in [0.5, 0.6) is 0 Å². The Hall–Kier alpha value is -1.81. The van der Waals surface area contributed by atoms with Gasteiger partial charge in [0.2, 0.25) is 5.91 Å². The topological polar surface area (TPSA) is 95.3 Å². The van der Waals surface area contributed by atoms with Crippen LogP contribution < -0.4 is 10.8 Å². The molecule has 2 unspecified atom stereocenters. The second-order valence-corrected chi connectivity index (χ2v) is 12.5. The number of carbonyl (C=O) groups excluding carboxylic acids is 1. The molecule has 2 bridgehead atoms. The maximum absolute atomic E-state index is 13.1. The van der Waals surface area contributed by atoms with E-state index in [0.29, 0.717) is 30.6 Å². The first kappa shape index (κ1) is 25.8. The number of hydroxylamine groups is 1. The summed E-state index contributed by atoms with van der Waals surface area (Å²) in [6.07, 6.45) is 10.1. The van der Waals surface area contributed by atoms with Crippen molar-refractivity contribution in [2.75, 3.05) is 6.54 Å². The molecule has 0 spiro atoms. The molecule has 3 fully saturated rings. The first-order valence-corrected chi connectivity index (χ1v) is 14.7. The number of nitrogens with zero attached hydrogens (tertiary/aromatic N) is 4. The Morgan fingerprint density at radius 2 is 1.83 bits per heavy atom. The van der Waals surface area contributed by atoms with Gasteiger partial charge in [0.1, 0.15) is 11.6 Å². The fourth-order valence-corrected chi connectivity index (χ4v) is 7.88. The number of aryl methyl sites for hydroxylation is 1. The SMILES string of the molecule is Cc1nnc(C(C)C)n1C1CC2CCC(C1)N2CC[C@H](NC(=O)C1CCCC1)c1ccc(CNO)s1. The third-order valence-corrected chi connectivity index (χ3v) is 9.83. The molecule has 1 saturated carbocycles. The zero-order valence-corrected chi connectivity index (χ0v) is 22.8. The lowest BCUT2D eigenvalue weighted by molar-refractivity contribution is -0.125. The molecular weight excluding hydrogens is 472 g/mol. The van der Waals surface area contributed by atoms with Gasteiger partial charge in [-0.05, 0) is 64.0 Å². The number of rotatable bonds is 10. The molecule has 5 rings (SSSR count). The van der Waals surface area contributed by atoms with Gasteiger partial charge in [-0.1, -0.05) is 26.7 Å². The number of nitrogens with one attached hydrogen (secondary N) is 2. The van der Waals surface area contributed by atoms with Gasteiger partial charge >= 0.3 is 0 Å². The standard InChI is InChI=1S/C27H42N6O2S/c1-17(2)26-31-30-18(3)33(26)22-14-20-8-9-21(15-22)32(20)13-12-24(25-11-10-23(36-25)16-28-35)29-27(34)19-6-4-5-7-19/h10-11,17,19-22,24,28,35H,4-9,12-16H2,1-3H3,(H,29,34)/t20?,21?,22?,24-/m0/s1. The largest absolute Gasteiger partial charge is 0.348 e. The highest BCUT2D eigenvalue weighted by Gasteiger charge is 2.42. The zero-order chi connectivity index (χ0) is 25.2. The van der Waals surface area contributed by atoms with Gasteiger partial charge in [0.25, 0.3) is 0 Å². The average Bonchev–Trinajstić information content (AvgIpc) is 3.64. The first-order chi connectivity index (χ1) is 17.4. The molecule has 2 saturated heterocycles. The third kappa shape index (κ3) is 5.39. The maximum Gasteiger partial charge on any atom is 0.223 e. The summed E-state index contributed by atoms with van der Waals surface area (Å²) in [6.45, 7) is 7.94. The summed E-state index contributed by atoms with van der Waals surface area (Å²) in [5, 5.41) is 21.4. The van der Waals surface area contributed by atoms with Crippen LogP contribution in [-0.2, 0) is 11.3 Å². The van der Waals surface area contributed by atoms with Crippen LogP contribution in [0.3, 0.4) is 0 Å². The van der Waals surface area contributed by atoms with Crippen molar-refractivity contribution in [2.24, 2.45) is 5.92 Å². The Balaban J connectivity index is 1.26. The van der Waals surface area contributed by atoms with Crippen LogP contribution in [0.4, 0.5) is 0 Å². The number of hydrogen-bond acceptors (Lipinski definition) is 7. The average molecular weight is 515 g/mol. The Kier molecular flexibility index (Phi) is 8.10. The molecule has 3 N–H and O–H groups in total. The van der Waals surface area contributed by atoms with Crippen LogP contribution in [0.15, 0.2) is 12.1 Å². The van der Waals surface area contributed by atoms with E-state index in [9.17, 15) is 4.79 Å². The van der Waals surface area contributed by atoms with Gasteiger partial charge in [-0.25, -0.2) is 5.48 Å². The lowest BCUT2D eigenvalue weighted by atomic mass is 9.95. The highest BCUT2D eigenvalue weighted by atomic mass is 32.1. The lowest BCUT2D eigenvalue weighted by Gasteiger charge is -2.40. The summed E-state index contributed by atoms with van der Waals surface area (Å²) in [4.78, 5) is 18.1. The van der Waals surface area contributed by atoms with Crippen LogP contribution >= 0.6 is 11.3 Å². The number of hydrogen-bond donors (Lipinski definition) is 3. The molecule has 0 aromatic carbocycles. The molecule has 3 aliphatic rings. The highest BCUT2D eigenvalue weighted by Crippen LogP contribution is 2.42. The fraction of sp³-hybridized carbons (Fsp3) is 0.741. The van der Waals surface area contributed by atoms with Crippen molar-refractivity contribution in [3.05, 3.63) is 33.5 Å². The third-order valence-electron chi connectivity index (χ3n) is 8.63. The smallest absolute Gasteiger partial charge is 0.223 e. The van der Waals surface area contributed by atoms with E-state index in [-0.39, 0.29) is 17.9 Å². The first-order valence-electron chi connectivity index (χ1n) is 13.9. The molecular formula is C27H42N6O2S. The zero-order valence-electron chi connectivity index (χ0n) is 21.9. The molecule has 9 heteroatoms. The van der Waals surface area contributed by atoms with E-state index in [0.717, 1.165) is 68.0 Å². The van der Waals surface area contributed by atoms with Crippen molar-refractivity contribution in [2.45, 2.75) is 115 Å². The summed E-state index contributed by atoms with van der Waals surface area (Å²) in [5.41, 5.74) is 2.26. The van der Waals surface area contributed by atoms with E-state index in [1.807, 2.05) is 0 Å². The van der Waals surface area contributed by atoms with Crippen LogP contribution in [0.2, 0.25) is 0 Å². The van der Waals surface area contributed by atoms with E-state index in [1.165, 1.54) is 17.7 Å². The van der Waals surface area contributed by atoms with Gasteiger partial charge in [-0.15, -0.1) is 21.5 Å². The summed E-state index contributed by atoms with van der Waals surface area (Å²) in [6, 6.07) is 5.86. The van der Waals surface area contributed by atoms with Crippen molar-refractivity contribution in [3.63, 3.8) is 0 Å². The van der Waals surface area contributed by atoms with Crippen LogP contribution in [-0.4, -0.2) is 49.4 Å². The van der Waals surface area contributed by atoms with E-state index >= 15 is 0 Å². The van der Waals surface area contributed by atoms with E-state index in [2.05, 4.69) is 63.4 Å². The van der Waals surface area contributed by atoms with Crippen molar-refractivity contribution >= 4 is 17.2 Å². The number of amides is 1. The van der Waals surface area contributed by atoms with Crippen molar-refractivity contribution < 1.29 is 10.0 Å². The Labute approximate surface area is 218 Å². The minimum absolute atomic E-state index is 0.0281. The summed E-state index contributed by atoms with van der Waals surface area (Å²) in [5.74, 6) is 2.92. The lowest BCUT2D eigenvalue weighted by Crippen LogP contribution is -2.45. The van der Waals surface area contributed by atoms with Crippen molar-refractivity contribution in [1.82, 2.24) is 30.5 Å². The maximum atomic E-state index is 13.1. The van der Waals surface area contributed by atoms with Gasteiger partial charge in [0.05, 0.1) is 12.6 Å². The van der Waals surface area contributed by atoms with Crippen LogP contribution in [0, 0.1) is 12.8 Å². The normalized spacial score (nSPS) is 25.6. The summed E-state index contributed by atoms with van der Waals surface area (Å²) < 4.78 is 2.42. The van der Waals surface area contributed by atoms with Crippen LogP contribution in [0.25, 0.3) is 0 Å². The molecule has 36 heavy (non-hydrogen) atoms. The summed E-state index contributed by atoms with van der Waals surface area (Å²) >= 11 is 1.69. The molecule has 2 aromatic rings. The van der Waals surface area contributed by atoms with Crippen molar-refractivity contribution in [3.8, 4) is 0 Å². The van der Waals surface area contributed by atoms with E-state index < -0.39 is 0 Å². The second kappa shape index (κ2) is 11.3. The Morgan fingerprint density at radius 3 is 2.50 bits per heavy atom. The monoisotopic (exact) mass is 514 g/mol. The number of thiophene rings is 1. The van der Waals surface area contributed by atoms with E-state index in [4.69, 9.17) is 5.21 Å². The minimum Gasteiger partial charge on any atom is -0.348 e. The predicted molar refractivity (Wildman–Crippen MR) is 141 cm³/mol. The van der Waals surface area contributed by atoms with Gasteiger partial charge < -0.3 is 15.1 Å². The fourth-order valence-electron chi connectivity index (χ4n) is 6.85. The Morgan fingerprint density at radius 1 is 1.11 bits per heavy atom. The molecule has 3 atom stereocenters. The Bertz CT molecular complexity index is 1020. The number of fused-ring (bicyclic) bond motifs is 2. The van der Waals surface area contributed by atoms with Gasteiger partial charge in [0.15, 0.2) is 0 Å². The molecule has 198 valence electrons. The van der Waals surface area contributed by atoms with Gasteiger partial charge in [0, 0.05) is 46.3 Å². The minimum atomic E-state index is 0.0281. The second-order valence-electron chi connectivity index (χ2n) is 11.3. The highest BCUT2D eigenvalue weighted by molar-refractivity contribution is 7.12. The predicted octanol–water partition coefficient (Wildman–Crippen LogP) is 4.86. The van der Waals surface area contributed by atoms with Gasteiger partial charge in [-0.2, -0.15) is 0 Å². The van der Waals surface area contributed by atoms with Crippen molar-refractivity contribution in [1.29, 1.82) is 0 Å². The molecule has 8 nitrogen and oxygen atoms in total. The van der Waals surface area contributed by atoms with E-state index in [1.54, 1.807) is 11.3 Å². The number of carbonyl (C=O) groups is 1. The molecule has 1 aliphatic carbocycles. The quantitative estimate of drug-likeness (QED) is 0.392. The number of aromatic nitrogens is 3.